The molecule has 4 nitrogen and oxygen atoms in total. The fourth-order valence-electron chi connectivity index (χ4n) is 6.34. The number of benzene rings is 4. The lowest BCUT2D eigenvalue weighted by Crippen LogP contribution is -2.05. The van der Waals surface area contributed by atoms with E-state index in [1.807, 2.05) is 25.2 Å². The molecular weight excluding hydrogens is 490 g/mol. The van der Waals surface area contributed by atoms with Gasteiger partial charge in [0.2, 0.25) is 0 Å². The molecule has 0 bridgehead atoms. The van der Waals surface area contributed by atoms with E-state index in [9.17, 15) is 0 Å². The van der Waals surface area contributed by atoms with Gasteiger partial charge in [0.15, 0.2) is 0 Å². The molecule has 0 unspecified atom stereocenters. The van der Waals surface area contributed by atoms with Gasteiger partial charge in [0.25, 0.3) is 0 Å². The topological polar surface area (TPSA) is 49.0 Å². The average Bonchev–Trinajstić information content (AvgIpc) is 3.56. The third-order valence-electron chi connectivity index (χ3n) is 8.01. The van der Waals surface area contributed by atoms with Gasteiger partial charge in [-0.1, -0.05) is 66.8 Å². The van der Waals surface area contributed by atoms with Crippen LogP contribution in [-0.2, 0) is 0 Å². The molecule has 4 aromatic carbocycles. The number of aromatic nitrogens is 2. The van der Waals surface area contributed by atoms with Crippen LogP contribution in [0.1, 0.15) is 24.7 Å². The fraction of sp³-hybridized carbons (Fsp3) is 0.0556. The summed E-state index contributed by atoms with van der Waals surface area (Å²) in [5, 5.41) is 5.98. The molecule has 1 aliphatic rings. The highest BCUT2D eigenvalue weighted by Crippen LogP contribution is 2.42. The lowest BCUT2D eigenvalue weighted by molar-refractivity contribution is 0.603. The Morgan fingerprint density at radius 1 is 0.775 bits per heavy atom. The Labute approximate surface area is 231 Å². The van der Waals surface area contributed by atoms with Gasteiger partial charge in [-0.25, -0.2) is 0 Å². The SMILES string of the molecule is C/C=C\C=C(/N)n1c2ccccc2c2c3c4ccccc4n(-c4ccc5oc6c(c5c4)C=CCC=C6)c3ccc21. The van der Waals surface area contributed by atoms with Crippen molar-refractivity contribution in [2.75, 3.05) is 0 Å². The summed E-state index contributed by atoms with van der Waals surface area (Å²) in [4.78, 5) is 0. The highest BCUT2D eigenvalue weighted by Gasteiger charge is 2.21. The van der Waals surface area contributed by atoms with Crippen LogP contribution in [0.5, 0.6) is 0 Å². The Hall–Kier alpha value is -5.22. The number of nitrogens with zero attached hydrogens (tertiary/aromatic N) is 2. The molecule has 0 saturated heterocycles. The molecule has 0 atom stereocenters. The van der Waals surface area contributed by atoms with E-state index < -0.39 is 0 Å². The van der Waals surface area contributed by atoms with Gasteiger partial charge in [0.05, 0.1) is 22.1 Å². The van der Waals surface area contributed by atoms with Gasteiger partial charge < -0.3 is 14.7 Å². The first kappa shape index (κ1) is 22.7. The van der Waals surface area contributed by atoms with Crippen LogP contribution in [0.3, 0.4) is 0 Å². The molecule has 192 valence electrons. The smallest absolute Gasteiger partial charge is 0.135 e. The van der Waals surface area contributed by atoms with Crippen molar-refractivity contribution in [3.05, 3.63) is 121 Å². The number of nitrogens with two attached hydrogens (primary N) is 1. The van der Waals surface area contributed by atoms with Gasteiger partial charge >= 0.3 is 0 Å². The van der Waals surface area contributed by atoms with Crippen LogP contribution < -0.4 is 5.73 Å². The van der Waals surface area contributed by atoms with Gasteiger partial charge in [0, 0.05) is 38.2 Å². The normalized spacial score (nSPS) is 14.0. The second-order valence-electron chi connectivity index (χ2n) is 10.3. The summed E-state index contributed by atoms with van der Waals surface area (Å²) in [6.45, 7) is 2.00. The zero-order valence-electron chi connectivity index (χ0n) is 22.1. The van der Waals surface area contributed by atoms with Crippen molar-refractivity contribution in [1.29, 1.82) is 0 Å². The number of furan rings is 1. The van der Waals surface area contributed by atoms with Crippen LogP contribution in [-0.4, -0.2) is 9.13 Å². The molecule has 0 fully saturated rings. The highest BCUT2D eigenvalue weighted by molar-refractivity contribution is 6.29. The summed E-state index contributed by atoms with van der Waals surface area (Å²) >= 11 is 0. The minimum Gasteiger partial charge on any atom is -0.456 e. The molecule has 8 rings (SSSR count). The maximum atomic E-state index is 6.67. The quantitative estimate of drug-likeness (QED) is 0.237. The average molecular weight is 518 g/mol. The van der Waals surface area contributed by atoms with E-state index >= 15 is 0 Å². The van der Waals surface area contributed by atoms with Crippen molar-refractivity contribution < 1.29 is 4.42 Å². The zero-order valence-corrected chi connectivity index (χ0v) is 22.1. The first-order valence-electron chi connectivity index (χ1n) is 13.7. The number of rotatable bonds is 3. The monoisotopic (exact) mass is 517 g/mol. The molecule has 0 spiro atoms. The van der Waals surface area contributed by atoms with Gasteiger partial charge in [-0.05, 0) is 68.0 Å². The van der Waals surface area contributed by atoms with E-state index in [0.717, 1.165) is 51.0 Å². The van der Waals surface area contributed by atoms with Crippen LogP contribution in [0.2, 0.25) is 0 Å². The van der Waals surface area contributed by atoms with Crippen molar-refractivity contribution in [3.63, 3.8) is 0 Å². The largest absolute Gasteiger partial charge is 0.456 e. The third kappa shape index (κ3) is 3.13. The molecular formula is C36H27N3O. The third-order valence-corrected chi connectivity index (χ3v) is 8.01. The van der Waals surface area contributed by atoms with Crippen LogP contribution in [0.4, 0.5) is 0 Å². The predicted octanol–water partition coefficient (Wildman–Crippen LogP) is 9.40. The lowest BCUT2D eigenvalue weighted by Gasteiger charge is -2.09. The molecule has 3 heterocycles. The summed E-state index contributed by atoms with van der Waals surface area (Å²) < 4.78 is 10.8. The maximum Gasteiger partial charge on any atom is 0.135 e. The molecule has 40 heavy (non-hydrogen) atoms. The van der Waals surface area contributed by atoms with Crippen molar-refractivity contribution in [2.24, 2.45) is 5.73 Å². The first-order valence-corrected chi connectivity index (χ1v) is 13.7. The van der Waals surface area contributed by atoms with Crippen molar-refractivity contribution in [3.8, 4) is 5.69 Å². The molecule has 1 aliphatic carbocycles. The Balaban J connectivity index is 1.50. The summed E-state index contributed by atoms with van der Waals surface area (Å²) in [7, 11) is 0. The minimum absolute atomic E-state index is 0.695. The lowest BCUT2D eigenvalue weighted by atomic mass is 10.1. The van der Waals surface area contributed by atoms with Gasteiger partial charge in [-0.3, -0.25) is 4.57 Å². The Morgan fingerprint density at radius 2 is 1.50 bits per heavy atom. The number of hydrogen-bond donors (Lipinski definition) is 1. The van der Waals surface area contributed by atoms with E-state index in [1.165, 1.54) is 27.1 Å². The summed E-state index contributed by atoms with van der Waals surface area (Å²) in [6, 6.07) is 28.2. The second kappa shape index (κ2) is 8.65. The summed E-state index contributed by atoms with van der Waals surface area (Å²) in [5.74, 6) is 1.61. The molecule has 0 radical (unpaired) electrons. The number of para-hydroxylation sites is 2. The highest BCUT2D eigenvalue weighted by atomic mass is 16.3. The molecule has 3 aromatic heterocycles. The number of hydrogen-bond acceptors (Lipinski definition) is 2. The number of allylic oxidation sites excluding steroid dienone is 5. The standard InChI is InChI=1S/C36H27N3O/c1-2-3-17-34(37)39-29-15-10-8-13-26(29)36-31(39)20-19-30-35(36)25-12-7-9-14-28(25)38(30)23-18-21-33-27(22-23)24-11-5-4-6-16-32(24)40-33/h2-3,5-22H,4,37H2,1H3/b3-2-,34-17+. The van der Waals surface area contributed by atoms with Crippen molar-refractivity contribution >= 4 is 72.6 Å². The van der Waals surface area contributed by atoms with Crippen LogP contribution in [0, 0.1) is 0 Å². The van der Waals surface area contributed by atoms with E-state index in [4.69, 9.17) is 10.2 Å². The van der Waals surface area contributed by atoms with Crippen molar-refractivity contribution in [2.45, 2.75) is 13.3 Å². The maximum absolute atomic E-state index is 6.67. The fourth-order valence-corrected chi connectivity index (χ4v) is 6.34. The molecule has 0 amide bonds. The van der Waals surface area contributed by atoms with E-state index in [2.05, 4.69) is 112 Å². The zero-order chi connectivity index (χ0) is 26.8. The molecule has 0 aliphatic heterocycles. The van der Waals surface area contributed by atoms with E-state index in [0.29, 0.717) is 5.82 Å². The van der Waals surface area contributed by atoms with Gasteiger partial charge in [0.1, 0.15) is 17.2 Å². The predicted molar refractivity (Wildman–Crippen MR) is 170 cm³/mol. The van der Waals surface area contributed by atoms with Crippen LogP contribution in [0.15, 0.2) is 114 Å². The Bertz CT molecular complexity index is 2260. The van der Waals surface area contributed by atoms with Gasteiger partial charge in [-0.2, -0.15) is 0 Å². The van der Waals surface area contributed by atoms with Crippen LogP contribution in [0.25, 0.3) is 78.2 Å². The van der Waals surface area contributed by atoms with Crippen LogP contribution >= 0.6 is 0 Å². The summed E-state index contributed by atoms with van der Waals surface area (Å²) in [6.07, 6.45) is 15.4. The molecule has 4 heteroatoms. The number of fused-ring (bicyclic) bond motifs is 10. The molecule has 2 N–H and O–H groups in total. The van der Waals surface area contributed by atoms with Gasteiger partial charge in [-0.15, -0.1) is 0 Å². The second-order valence-corrected chi connectivity index (χ2v) is 10.3. The Kier molecular flexibility index (Phi) is 4.92. The van der Waals surface area contributed by atoms with Crippen molar-refractivity contribution in [1.82, 2.24) is 9.13 Å². The van der Waals surface area contributed by atoms with E-state index in [-0.39, 0.29) is 0 Å². The van der Waals surface area contributed by atoms with E-state index in [1.54, 1.807) is 0 Å². The molecule has 0 saturated carbocycles. The molecule has 7 aromatic rings. The first-order chi connectivity index (χ1) is 19.7. The Morgan fingerprint density at radius 3 is 2.35 bits per heavy atom. The summed E-state index contributed by atoms with van der Waals surface area (Å²) in [5.41, 5.74) is 14.4. The minimum atomic E-state index is 0.695.